The minimum Gasteiger partial charge on any atom is -0.493 e. The number of halogens is 2. The van der Waals surface area contributed by atoms with E-state index in [4.69, 9.17) is 21.1 Å². The maximum atomic E-state index is 12.0. The molecule has 0 bridgehead atoms. The molecule has 3 rings (SSSR count). The number of carbonyl (C=O) groups excluding carboxylic acids is 1. The van der Waals surface area contributed by atoms with E-state index in [1.807, 2.05) is 54.6 Å². The molecule has 158 valence electrons. The van der Waals surface area contributed by atoms with Gasteiger partial charge in [-0.25, -0.2) is 5.43 Å². The topological polar surface area (TPSA) is 59.9 Å². The van der Waals surface area contributed by atoms with Crippen LogP contribution in [0.2, 0.25) is 5.02 Å². The molecule has 3 aromatic rings. The van der Waals surface area contributed by atoms with Gasteiger partial charge in [-0.05, 0) is 56.9 Å². The van der Waals surface area contributed by atoms with Crippen LogP contribution in [0.4, 0.5) is 0 Å². The van der Waals surface area contributed by atoms with E-state index in [2.05, 4.69) is 26.5 Å². The standard InChI is InChI=1S/C24H20BrClN2O3/c1-30-22-14-18(13-20(25)24(22)31-16-17-7-3-2-4-8-17)15-27-28-23(29)12-11-19-9-5-6-10-21(19)26/h2-15H,16H2,1H3,(H,28,29)/b12-11+,27-15-. The molecular weight excluding hydrogens is 480 g/mol. The lowest BCUT2D eigenvalue weighted by Crippen LogP contribution is -2.14. The summed E-state index contributed by atoms with van der Waals surface area (Å²) < 4.78 is 12.1. The highest BCUT2D eigenvalue weighted by molar-refractivity contribution is 9.10. The average Bonchev–Trinajstić information content (AvgIpc) is 2.78. The summed E-state index contributed by atoms with van der Waals surface area (Å²) in [4.78, 5) is 12.0. The first-order valence-electron chi connectivity index (χ1n) is 9.36. The molecule has 0 aliphatic heterocycles. The quantitative estimate of drug-likeness (QED) is 0.240. The Hall–Kier alpha value is -3.09. The molecule has 0 atom stereocenters. The maximum Gasteiger partial charge on any atom is 0.264 e. The van der Waals surface area contributed by atoms with E-state index < -0.39 is 0 Å². The van der Waals surface area contributed by atoms with Crippen molar-refractivity contribution >= 4 is 45.7 Å². The van der Waals surface area contributed by atoms with Gasteiger partial charge in [0.1, 0.15) is 6.61 Å². The zero-order valence-corrected chi connectivity index (χ0v) is 19.1. The molecular formula is C24H20BrClN2O3. The number of ether oxygens (including phenoxy) is 2. The highest BCUT2D eigenvalue weighted by atomic mass is 79.9. The molecule has 0 heterocycles. The van der Waals surface area contributed by atoms with Crippen LogP contribution in [0.15, 0.2) is 82.4 Å². The number of amides is 1. The molecule has 0 aliphatic rings. The van der Waals surface area contributed by atoms with E-state index in [1.54, 1.807) is 25.3 Å². The number of nitrogens with zero attached hydrogens (tertiary/aromatic N) is 1. The monoisotopic (exact) mass is 498 g/mol. The highest BCUT2D eigenvalue weighted by Crippen LogP contribution is 2.36. The number of methoxy groups -OCH3 is 1. The van der Waals surface area contributed by atoms with E-state index >= 15 is 0 Å². The van der Waals surface area contributed by atoms with Crippen LogP contribution in [0.3, 0.4) is 0 Å². The Morgan fingerprint density at radius 2 is 1.87 bits per heavy atom. The van der Waals surface area contributed by atoms with Gasteiger partial charge in [-0.15, -0.1) is 0 Å². The van der Waals surface area contributed by atoms with Gasteiger partial charge in [0, 0.05) is 11.1 Å². The molecule has 0 unspecified atom stereocenters. The van der Waals surface area contributed by atoms with Crippen LogP contribution in [0.1, 0.15) is 16.7 Å². The molecule has 0 fully saturated rings. The van der Waals surface area contributed by atoms with Gasteiger partial charge >= 0.3 is 0 Å². The lowest BCUT2D eigenvalue weighted by atomic mass is 10.2. The molecule has 0 aromatic heterocycles. The molecule has 31 heavy (non-hydrogen) atoms. The highest BCUT2D eigenvalue weighted by Gasteiger charge is 2.11. The summed E-state index contributed by atoms with van der Waals surface area (Å²) in [6, 6.07) is 20.7. The van der Waals surface area contributed by atoms with Crippen molar-refractivity contribution in [3.05, 3.63) is 99.0 Å². The Balaban J connectivity index is 1.63. The molecule has 7 heteroatoms. The third-order valence-electron chi connectivity index (χ3n) is 4.19. The second-order valence-electron chi connectivity index (χ2n) is 6.40. The van der Waals surface area contributed by atoms with Crippen molar-refractivity contribution in [2.45, 2.75) is 6.61 Å². The van der Waals surface area contributed by atoms with Crippen LogP contribution in [-0.4, -0.2) is 19.2 Å². The van der Waals surface area contributed by atoms with Gasteiger partial charge in [0.05, 0.1) is 17.8 Å². The van der Waals surface area contributed by atoms with Crippen molar-refractivity contribution in [1.82, 2.24) is 5.43 Å². The summed E-state index contributed by atoms with van der Waals surface area (Å²) in [5, 5.41) is 4.56. The minimum atomic E-state index is -0.370. The smallest absolute Gasteiger partial charge is 0.264 e. The van der Waals surface area contributed by atoms with Gasteiger partial charge in [0.2, 0.25) is 0 Å². The molecule has 5 nitrogen and oxygen atoms in total. The molecule has 3 aromatic carbocycles. The fraction of sp³-hybridized carbons (Fsp3) is 0.0833. The van der Waals surface area contributed by atoms with E-state index in [0.29, 0.717) is 27.6 Å². The fourth-order valence-electron chi connectivity index (χ4n) is 2.67. The van der Waals surface area contributed by atoms with Gasteiger partial charge < -0.3 is 9.47 Å². The first-order chi connectivity index (χ1) is 15.1. The predicted molar refractivity (Wildman–Crippen MR) is 128 cm³/mol. The number of hydrogen-bond donors (Lipinski definition) is 1. The van der Waals surface area contributed by atoms with Crippen molar-refractivity contribution in [3.63, 3.8) is 0 Å². The van der Waals surface area contributed by atoms with Crippen LogP contribution in [0, 0.1) is 0 Å². The van der Waals surface area contributed by atoms with Crippen LogP contribution in [0.5, 0.6) is 11.5 Å². The molecule has 0 saturated heterocycles. The molecule has 0 radical (unpaired) electrons. The summed E-state index contributed by atoms with van der Waals surface area (Å²) in [6.45, 7) is 0.414. The summed E-state index contributed by atoms with van der Waals surface area (Å²) in [5.74, 6) is 0.775. The normalized spacial score (nSPS) is 11.1. The number of nitrogens with one attached hydrogen (secondary N) is 1. The molecule has 1 amide bonds. The van der Waals surface area contributed by atoms with Gasteiger partial charge in [0.25, 0.3) is 5.91 Å². The van der Waals surface area contributed by atoms with Gasteiger partial charge in [-0.3, -0.25) is 4.79 Å². The van der Waals surface area contributed by atoms with Crippen molar-refractivity contribution in [2.75, 3.05) is 7.11 Å². The lowest BCUT2D eigenvalue weighted by molar-refractivity contribution is -0.116. The van der Waals surface area contributed by atoms with Gasteiger partial charge in [-0.2, -0.15) is 5.10 Å². The Morgan fingerprint density at radius 1 is 1.13 bits per heavy atom. The van der Waals surface area contributed by atoms with E-state index in [0.717, 1.165) is 16.7 Å². The molecule has 1 N–H and O–H groups in total. The van der Waals surface area contributed by atoms with Gasteiger partial charge in [0.15, 0.2) is 11.5 Å². The van der Waals surface area contributed by atoms with E-state index in [-0.39, 0.29) is 5.91 Å². The second-order valence-corrected chi connectivity index (χ2v) is 7.66. The van der Waals surface area contributed by atoms with Crippen molar-refractivity contribution in [3.8, 4) is 11.5 Å². The van der Waals surface area contributed by atoms with Crippen molar-refractivity contribution in [2.24, 2.45) is 5.10 Å². The Kier molecular flexibility index (Phi) is 8.27. The number of carbonyl (C=O) groups is 1. The zero-order chi connectivity index (χ0) is 22.1. The fourth-order valence-corrected chi connectivity index (χ4v) is 3.44. The van der Waals surface area contributed by atoms with Gasteiger partial charge in [-0.1, -0.05) is 60.1 Å². The lowest BCUT2D eigenvalue weighted by Gasteiger charge is -2.13. The maximum absolute atomic E-state index is 12.0. The SMILES string of the molecule is COc1cc(/C=N\NC(=O)/C=C/c2ccccc2Cl)cc(Br)c1OCc1ccccc1. The van der Waals surface area contributed by atoms with Crippen molar-refractivity contribution < 1.29 is 14.3 Å². The van der Waals surface area contributed by atoms with E-state index in [9.17, 15) is 4.79 Å². The summed E-state index contributed by atoms with van der Waals surface area (Å²) in [7, 11) is 1.57. The molecule has 0 spiro atoms. The number of hydrazone groups is 1. The van der Waals surface area contributed by atoms with Crippen LogP contribution >= 0.6 is 27.5 Å². The first-order valence-corrected chi connectivity index (χ1v) is 10.5. The Bertz CT molecular complexity index is 1100. The number of hydrogen-bond acceptors (Lipinski definition) is 4. The first kappa shape index (κ1) is 22.6. The Morgan fingerprint density at radius 3 is 2.61 bits per heavy atom. The number of rotatable bonds is 8. The largest absolute Gasteiger partial charge is 0.493 e. The van der Waals surface area contributed by atoms with Crippen LogP contribution < -0.4 is 14.9 Å². The zero-order valence-electron chi connectivity index (χ0n) is 16.7. The summed E-state index contributed by atoms with van der Waals surface area (Å²) >= 11 is 9.58. The molecule has 0 aliphatic carbocycles. The predicted octanol–water partition coefficient (Wildman–Crippen LogP) is 5.85. The summed E-state index contributed by atoms with van der Waals surface area (Å²) in [6.07, 6.45) is 4.52. The van der Waals surface area contributed by atoms with Crippen LogP contribution in [0.25, 0.3) is 6.08 Å². The third-order valence-corrected chi connectivity index (χ3v) is 5.12. The number of benzene rings is 3. The summed E-state index contributed by atoms with van der Waals surface area (Å²) in [5.41, 5.74) is 4.98. The second kappa shape index (κ2) is 11.3. The Labute approximate surface area is 194 Å². The third kappa shape index (κ3) is 6.70. The minimum absolute atomic E-state index is 0.370. The van der Waals surface area contributed by atoms with E-state index in [1.165, 1.54) is 12.3 Å². The molecule has 0 saturated carbocycles. The van der Waals surface area contributed by atoms with Crippen molar-refractivity contribution in [1.29, 1.82) is 0 Å². The van der Waals surface area contributed by atoms with Crippen LogP contribution in [-0.2, 0) is 11.4 Å². The average molecular weight is 500 g/mol.